The predicted octanol–water partition coefficient (Wildman–Crippen LogP) is 5.08. The van der Waals surface area contributed by atoms with E-state index in [0.29, 0.717) is 37.7 Å². The molecule has 2 amide bonds. The molecule has 1 aliphatic heterocycles. The number of halogens is 2. The van der Waals surface area contributed by atoms with Crippen molar-refractivity contribution in [3.05, 3.63) is 65.7 Å². The Morgan fingerprint density at radius 1 is 1.02 bits per heavy atom. The van der Waals surface area contributed by atoms with E-state index < -0.39 is 0 Å². The lowest BCUT2D eigenvalue weighted by Gasteiger charge is -2.35. The fraction of sp³-hybridized carbons (Fsp3) is 0.452. The van der Waals surface area contributed by atoms with Crippen molar-refractivity contribution in [2.24, 2.45) is 5.92 Å². The molecule has 1 saturated heterocycles. The second-order valence-corrected chi connectivity index (χ2v) is 10.7. The number of nitrogens with zero attached hydrogens (tertiary/aromatic N) is 3. The smallest absolute Gasteiger partial charge is 0.252 e. The first-order valence-corrected chi connectivity index (χ1v) is 13.9. The van der Waals surface area contributed by atoms with Gasteiger partial charge in [-0.15, -0.1) is 24.8 Å². The van der Waals surface area contributed by atoms with Gasteiger partial charge in [-0.1, -0.05) is 67.8 Å². The van der Waals surface area contributed by atoms with Crippen LogP contribution in [0.2, 0.25) is 0 Å². The number of rotatable bonds is 8. The van der Waals surface area contributed by atoms with Gasteiger partial charge in [-0.2, -0.15) is 0 Å². The van der Waals surface area contributed by atoms with Crippen LogP contribution in [0.5, 0.6) is 0 Å². The number of carbonyl (C=O) groups is 2. The van der Waals surface area contributed by atoms with Gasteiger partial charge in [0.2, 0.25) is 5.91 Å². The van der Waals surface area contributed by atoms with Crippen molar-refractivity contribution in [3.63, 3.8) is 0 Å². The fourth-order valence-corrected chi connectivity index (χ4v) is 6.00. The number of hydrogen-bond acceptors (Lipinski definition) is 5. The van der Waals surface area contributed by atoms with Crippen molar-refractivity contribution in [2.45, 2.75) is 51.6 Å². The summed E-state index contributed by atoms with van der Waals surface area (Å²) in [6.07, 6.45) is 6.04. The van der Waals surface area contributed by atoms with Crippen LogP contribution in [0.15, 0.2) is 54.6 Å². The Kier molecular flexibility index (Phi) is 11.8. The summed E-state index contributed by atoms with van der Waals surface area (Å²) in [6.45, 7) is 4.37. The molecule has 2 N–H and O–H groups in total. The Morgan fingerprint density at radius 3 is 2.42 bits per heavy atom. The van der Waals surface area contributed by atoms with Gasteiger partial charge in [0.05, 0.1) is 29.9 Å². The molecule has 216 valence electrons. The first-order chi connectivity index (χ1) is 18.5. The van der Waals surface area contributed by atoms with E-state index in [1.165, 1.54) is 19.3 Å². The standard InChI is InChI=1S/C31H38N4O3.2ClH/c1-22(23-10-4-2-5-11-23)32-31(38)29-25-14-8-9-15-27(25)33-30(24-12-6-3-7-13-24)26(29)20-34-16-17-35(18-19-36)28(37)21-34;;/h3,6-9,12-15,22-23,36H,2,4-5,10-11,16-21H2,1H3,(H,32,38);2*1H/t22-;;/m0../s1. The largest absolute Gasteiger partial charge is 0.395 e. The first-order valence-electron chi connectivity index (χ1n) is 13.9. The summed E-state index contributed by atoms with van der Waals surface area (Å²) in [7, 11) is 0. The Bertz CT molecular complexity index is 1280. The maximum atomic E-state index is 14.1. The van der Waals surface area contributed by atoms with E-state index >= 15 is 0 Å². The van der Waals surface area contributed by atoms with Crippen LogP contribution in [0.4, 0.5) is 0 Å². The van der Waals surface area contributed by atoms with Crippen LogP contribution in [-0.4, -0.2) is 70.5 Å². The molecule has 7 nitrogen and oxygen atoms in total. The number of para-hydroxylation sites is 1. The SMILES string of the molecule is C[C@H](NC(=O)c1c(CN2CCN(CCO)C(=O)C2)c(-c2ccccc2)nc2ccccc12)C1CCCCC1.Cl.Cl. The molecule has 9 heteroatoms. The van der Waals surface area contributed by atoms with Crippen LogP contribution < -0.4 is 5.32 Å². The first kappa shape index (κ1) is 31.8. The molecule has 0 radical (unpaired) electrons. The van der Waals surface area contributed by atoms with E-state index in [1.54, 1.807) is 4.90 Å². The van der Waals surface area contributed by atoms with Crippen LogP contribution in [0.25, 0.3) is 22.2 Å². The summed E-state index contributed by atoms with van der Waals surface area (Å²) >= 11 is 0. The summed E-state index contributed by atoms with van der Waals surface area (Å²) in [5.74, 6) is 0.423. The molecule has 1 atom stereocenters. The molecule has 1 aromatic heterocycles. The van der Waals surface area contributed by atoms with E-state index in [-0.39, 0.29) is 55.8 Å². The molecular weight excluding hydrogens is 547 g/mol. The van der Waals surface area contributed by atoms with Crippen molar-refractivity contribution >= 4 is 47.5 Å². The molecule has 40 heavy (non-hydrogen) atoms. The van der Waals surface area contributed by atoms with Crippen molar-refractivity contribution in [2.75, 3.05) is 32.8 Å². The zero-order valence-corrected chi connectivity index (χ0v) is 24.7. The number of hydrogen-bond donors (Lipinski definition) is 2. The normalized spacial score (nSPS) is 17.1. The minimum atomic E-state index is -0.0703. The van der Waals surface area contributed by atoms with E-state index in [0.717, 1.165) is 40.6 Å². The quantitative estimate of drug-likeness (QED) is 0.384. The third-order valence-corrected chi connectivity index (χ3v) is 8.13. The Hall–Kier alpha value is -2.71. The fourth-order valence-electron chi connectivity index (χ4n) is 6.00. The predicted molar refractivity (Wildman–Crippen MR) is 164 cm³/mol. The number of aliphatic hydroxyl groups is 1. The van der Waals surface area contributed by atoms with Crippen LogP contribution >= 0.6 is 24.8 Å². The monoisotopic (exact) mass is 586 g/mol. The molecule has 5 rings (SSSR count). The number of aliphatic hydroxyl groups excluding tert-OH is 1. The zero-order valence-electron chi connectivity index (χ0n) is 23.1. The van der Waals surface area contributed by atoms with Gasteiger partial charge < -0.3 is 15.3 Å². The van der Waals surface area contributed by atoms with Crippen LogP contribution in [0.3, 0.4) is 0 Å². The molecule has 0 unspecified atom stereocenters. The molecule has 2 aromatic carbocycles. The van der Waals surface area contributed by atoms with Crippen LogP contribution in [-0.2, 0) is 11.3 Å². The average Bonchev–Trinajstić information content (AvgIpc) is 2.95. The molecule has 0 spiro atoms. The Balaban J connectivity index is 0.00000220. The summed E-state index contributed by atoms with van der Waals surface area (Å²) in [6, 6.07) is 17.9. The molecule has 2 aliphatic rings. The molecule has 2 heterocycles. The van der Waals surface area contributed by atoms with Crippen LogP contribution in [0.1, 0.15) is 54.9 Å². The summed E-state index contributed by atoms with van der Waals surface area (Å²) < 4.78 is 0. The number of benzene rings is 2. The molecule has 0 bridgehead atoms. The maximum Gasteiger partial charge on any atom is 0.252 e. The lowest BCUT2D eigenvalue weighted by Crippen LogP contribution is -2.50. The topological polar surface area (TPSA) is 85.8 Å². The number of amides is 2. The molecule has 3 aromatic rings. The van der Waals surface area contributed by atoms with Gasteiger partial charge in [0.15, 0.2) is 0 Å². The zero-order chi connectivity index (χ0) is 26.5. The van der Waals surface area contributed by atoms with Gasteiger partial charge in [-0.3, -0.25) is 14.5 Å². The number of β-amino-alcohol motifs (C(OH)–C–C–N with tert-alkyl or cyclic N) is 1. The number of aromatic nitrogens is 1. The summed E-state index contributed by atoms with van der Waals surface area (Å²) in [5, 5.41) is 13.5. The highest BCUT2D eigenvalue weighted by Gasteiger charge is 2.29. The lowest BCUT2D eigenvalue weighted by molar-refractivity contribution is -0.136. The van der Waals surface area contributed by atoms with E-state index in [4.69, 9.17) is 4.98 Å². The third kappa shape index (κ3) is 7.13. The van der Waals surface area contributed by atoms with Gasteiger partial charge in [-0.05, 0) is 31.7 Å². The van der Waals surface area contributed by atoms with E-state index in [9.17, 15) is 14.7 Å². The molecular formula is C31H40Cl2N4O3. The van der Waals surface area contributed by atoms with E-state index in [1.807, 2.05) is 54.6 Å². The number of nitrogens with one attached hydrogen (secondary N) is 1. The highest BCUT2D eigenvalue weighted by atomic mass is 35.5. The summed E-state index contributed by atoms with van der Waals surface area (Å²) in [4.78, 5) is 35.7. The second kappa shape index (κ2) is 14.8. The molecule has 1 aliphatic carbocycles. The Morgan fingerprint density at radius 2 is 1.73 bits per heavy atom. The van der Waals surface area contributed by atoms with Crippen molar-refractivity contribution < 1.29 is 14.7 Å². The minimum Gasteiger partial charge on any atom is -0.395 e. The highest BCUT2D eigenvalue weighted by molar-refractivity contribution is 6.09. The minimum absolute atomic E-state index is 0. The van der Waals surface area contributed by atoms with Gasteiger partial charge in [0.25, 0.3) is 5.91 Å². The van der Waals surface area contributed by atoms with Crippen molar-refractivity contribution in [1.82, 2.24) is 20.1 Å². The van der Waals surface area contributed by atoms with Crippen molar-refractivity contribution in [3.8, 4) is 11.3 Å². The van der Waals surface area contributed by atoms with E-state index in [2.05, 4.69) is 17.1 Å². The lowest BCUT2D eigenvalue weighted by atomic mass is 9.84. The second-order valence-electron chi connectivity index (χ2n) is 10.7. The van der Waals surface area contributed by atoms with Gasteiger partial charge in [0, 0.05) is 48.7 Å². The van der Waals surface area contributed by atoms with Crippen molar-refractivity contribution in [1.29, 1.82) is 0 Å². The average molecular weight is 588 g/mol. The van der Waals surface area contributed by atoms with Gasteiger partial charge in [-0.25, -0.2) is 4.98 Å². The number of fused-ring (bicyclic) bond motifs is 1. The number of piperazine rings is 1. The molecule has 1 saturated carbocycles. The maximum absolute atomic E-state index is 14.1. The number of pyridine rings is 1. The van der Waals surface area contributed by atoms with Crippen LogP contribution in [0, 0.1) is 5.92 Å². The third-order valence-electron chi connectivity index (χ3n) is 8.13. The summed E-state index contributed by atoms with van der Waals surface area (Å²) in [5.41, 5.74) is 4.03. The van der Waals surface area contributed by atoms with Gasteiger partial charge >= 0.3 is 0 Å². The molecule has 2 fully saturated rings. The Labute approximate surface area is 249 Å². The number of carbonyl (C=O) groups excluding carboxylic acids is 2. The van der Waals surface area contributed by atoms with Gasteiger partial charge in [0.1, 0.15) is 0 Å². The highest BCUT2D eigenvalue weighted by Crippen LogP contribution is 2.33.